The molecular weight excluding hydrogens is 274 g/mol. The number of anilines is 1. The summed E-state index contributed by atoms with van der Waals surface area (Å²) < 4.78 is 0. The maximum Gasteiger partial charge on any atom is 0.224 e. The van der Waals surface area contributed by atoms with E-state index in [-0.39, 0.29) is 11.9 Å². The number of benzene rings is 1. The molecule has 1 amide bonds. The van der Waals surface area contributed by atoms with Crippen molar-refractivity contribution >= 4 is 11.6 Å². The second kappa shape index (κ2) is 8.91. The minimum absolute atomic E-state index is 0.0394. The third-order valence-electron chi connectivity index (χ3n) is 4.17. The highest BCUT2D eigenvalue weighted by Crippen LogP contribution is 2.15. The first-order valence-electron chi connectivity index (χ1n) is 8.50. The maximum absolute atomic E-state index is 11.8. The molecule has 1 fully saturated rings. The van der Waals surface area contributed by atoms with Gasteiger partial charge in [-0.2, -0.15) is 0 Å². The lowest BCUT2D eigenvalue weighted by Crippen LogP contribution is -2.23. The summed E-state index contributed by atoms with van der Waals surface area (Å²) >= 11 is 0. The molecule has 1 aromatic carbocycles. The Hall–Kier alpha value is -1.39. The fourth-order valence-corrected chi connectivity index (χ4v) is 2.83. The van der Waals surface area contributed by atoms with E-state index in [0.29, 0.717) is 6.42 Å². The summed E-state index contributed by atoms with van der Waals surface area (Å²) in [6, 6.07) is 8.30. The molecule has 4 heteroatoms. The molecular formula is C18H29N3O. The van der Waals surface area contributed by atoms with Gasteiger partial charge < -0.3 is 11.1 Å². The van der Waals surface area contributed by atoms with Crippen molar-refractivity contribution in [2.75, 3.05) is 18.4 Å². The van der Waals surface area contributed by atoms with Crippen LogP contribution in [0.15, 0.2) is 24.3 Å². The molecule has 1 unspecified atom stereocenters. The zero-order valence-corrected chi connectivity index (χ0v) is 13.7. The van der Waals surface area contributed by atoms with E-state index in [4.69, 9.17) is 5.73 Å². The number of hydrogen-bond donors (Lipinski definition) is 2. The molecule has 1 aromatic rings. The van der Waals surface area contributed by atoms with E-state index >= 15 is 0 Å². The largest absolute Gasteiger partial charge is 0.328 e. The van der Waals surface area contributed by atoms with E-state index in [1.54, 1.807) is 0 Å². The number of carbonyl (C=O) groups is 1. The van der Waals surface area contributed by atoms with Crippen LogP contribution >= 0.6 is 0 Å². The third kappa shape index (κ3) is 6.16. The van der Waals surface area contributed by atoms with Gasteiger partial charge in [0.1, 0.15) is 0 Å². The first-order chi connectivity index (χ1) is 10.6. The monoisotopic (exact) mass is 303 g/mol. The molecule has 1 aliphatic heterocycles. The second-order valence-corrected chi connectivity index (χ2v) is 6.45. The Labute approximate surface area is 134 Å². The quantitative estimate of drug-likeness (QED) is 0.849. The van der Waals surface area contributed by atoms with Crippen molar-refractivity contribution in [3.05, 3.63) is 29.8 Å². The van der Waals surface area contributed by atoms with Gasteiger partial charge in [-0.15, -0.1) is 0 Å². The van der Waals surface area contributed by atoms with Crippen LogP contribution in [0, 0.1) is 0 Å². The highest BCUT2D eigenvalue weighted by Gasteiger charge is 2.09. The molecule has 4 nitrogen and oxygen atoms in total. The van der Waals surface area contributed by atoms with Gasteiger partial charge in [-0.25, -0.2) is 0 Å². The lowest BCUT2D eigenvalue weighted by molar-refractivity contribution is -0.116. The molecule has 1 aliphatic rings. The van der Waals surface area contributed by atoms with Gasteiger partial charge in [0, 0.05) is 24.7 Å². The highest BCUT2D eigenvalue weighted by atomic mass is 16.1. The number of nitrogens with zero attached hydrogens (tertiary/aromatic N) is 1. The standard InChI is InChI=1S/C18H29N3O/c1-15(19)6-11-18(22)20-17-9-7-16(8-10-17)14-21-12-4-2-3-5-13-21/h7-10,15H,2-6,11-14,19H2,1H3,(H,20,22). The number of likely N-dealkylation sites (tertiary alicyclic amines) is 1. The van der Waals surface area contributed by atoms with Gasteiger partial charge in [-0.05, 0) is 57.0 Å². The van der Waals surface area contributed by atoms with Crippen molar-refractivity contribution in [2.24, 2.45) is 5.73 Å². The molecule has 122 valence electrons. The molecule has 22 heavy (non-hydrogen) atoms. The smallest absolute Gasteiger partial charge is 0.224 e. The molecule has 0 saturated carbocycles. The van der Waals surface area contributed by atoms with Crippen molar-refractivity contribution in [3.63, 3.8) is 0 Å². The van der Waals surface area contributed by atoms with Crippen molar-refractivity contribution in [2.45, 2.75) is 58.0 Å². The minimum Gasteiger partial charge on any atom is -0.328 e. The van der Waals surface area contributed by atoms with Crippen molar-refractivity contribution in [3.8, 4) is 0 Å². The number of carbonyl (C=O) groups excluding carboxylic acids is 1. The zero-order valence-electron chi connectivity index (χ0n) is 13.7. The third-order valence-corrected chi connectivity index (χ3v) is 4.17. The predicted octanol–water partition coefficient (Wildman–Crippen LogP) is 3.13. The average molecular weight is 303 g/mol. The lowest BCUT2D eigenvalue weighted by atomic mass is 10.1. The summed E-state index contributed by atoms with van der Waals surface area (Å²) in [4.78, 5) is 14.3. The van der Waals surface area contributed by atoms with Gasteiger partial charge in [0.2, 0.25) is 5.91 Å². The molecule has 0 aliphatic carbocycles. The SMILES string of the molecule is CC(N)CCC(=O)Nc1ccc(CN2CCCCCC2)cc1. The normalized spacial score (nSPS) is 17.7. The van der Waals surface area contributed by atoms with Gasteiger partial charge in [0.25, 0.3) is 0 Å². The van der Waals surface area contributed by atoms with Gasteiger partial charge in [-0.3, -0.25) is 9.69 Å². The van der Waals surface area contributed by atoms with Crippen LogP contribution in [0.3, 0.4) is 0 Å². The van der Waals surface area contributed by atoms with Gasteiger partial charge in [0.05, 0.1) is 0 Å². The summed E-state index contributed by atoms with van der Waals surface area (Å²) in [5.41, 5.74) is 7.85. The molecule has 0 radical (unpaired) electrons. The van der Waals surface area contributed by atoms with Crippen LogP contribution in [0.4, 0.5) is 5.69 Å². The second-order valence-electron chi connectivity index (χ2n) is 6.45. The van der Waals surface area contributed by atoms with Crippen molar-refractivity contribution in [1.29, 1.82) is 0 Å². The molecule has 0 spiro atoms. The number of amides is 1. The fraction of sp³-hybridized carbons (Fsp3) is 0.611. The molecule has 2 rings (SSSR count). The molecule has 1 atom stereocenters. The van der Waals surface area contributed by atoms with E-state index in [2.05, 4.69) is 22.3 Å². The van der Waals surface area contributed by atoms with Crippen LogP contribution < -0.4 is 11.1 Å². The Morgan fingerprint density at radius 1 is 1.18 bits per heavy atom. The summed E-state index contributed by atoms with van der Waals surface area (Å²) in [7, 11) is 0. The molecule has 3 N–H and O–H groups in total. The summed E-state index contributed by atoms with van der Waals surface area (Å²) in [5, 5.41) is 2.93. The maximum atomic E-state index is 11.8. The van der Waals surface area contributed by atoms with E-state index in [9.17, 15) is 4.79 Å². The molecule has 1 saturated heterocycles. The van der Waals surface area contributed by atoms with Crippen LogP contribution in [0.1, 0.15) is 51.0 Å². The first kappa shape index (κ1) is 17.0. The summed E-state index contributed by atoms with van der Waals surface area (Å²) in [6.45, 7) is 5.34. The highest BCUT2D eigenvalue weighted by molar-refractivity contribution is 5.90. The van der Waals surface area contributed by atoms with E-state index in [1.807, 2.05) is 19.1 Å². The van der Waals surface area contributed by atoms with Crippen molar-refractivity contribution in [1.82, 2.24) is 4.90 Å². The van der Waals surface area contributed by atoms with Crippen LogP contribution in [0.2, 0.25) is 0 Å². The molecule has 0 aromatic heterocycles. The van der Waals surface area contributed by atoms with E-state index in [1.165, 1.54) is 44.3 Å². The number of nitrogens with one attached hydrogen (secondary N) is 1. The Morgan fingerprint density at radius 3 is 2.41 bits per heavy atom. The zero-order chi connectivity index (χ0) is 15.8. The molecule has 0 bridgehead atoms. The lowest BCUT2D eigenvalue weighted by Gasteiger charge is -2.19. The summed E-state index contributed by atoms with van der Waals surface area (Å²) in [6.07, 6.45) is 6.55. The number of nitrogens with two attached hydrogens (primary N) is 1. The van der Waals surface area contributed by atoms with Crippen molar-refractivity contribution < 1.29 is 4.79 Å². The first-order valence-corrected chi connectivity index (χ1v) is 8.50. The van der Waals surface area contributed by atoms with Gasteiger partial charge >= 0.3 is 0 Å². The predicted molar refractivity (Wildman–Crippen MR) is 91.7 cm³/mol. The Kier molecular flexibility index (Phi) is 6.87. The Morgan fingerprint density at radius 2 is 1.82 bits per heavy atom. The fourth-order valence-electron chi connectivity index (χ4n) is 2.83. The van der Waals surface area contributed by atoms with E-state index in [0.717, 1.165) is 18.7 Å². The van der Waals surface area contributed by atoms with Gasteiger partial charge in [0.15, 0.2) is 0 Å². The average Bonchev–Trinajstić information content (AvgIpc) is 2.76. The molecule has 1 heterocycles. The van der Waals surface area contributed by atoms with Crippen LogP contribution in [-0.4, -0.2) is 29.9 Å². The van der Waals surface area contributed by atoms with Crippen LogP contribution in [0.25, 0.3) is 0 Å². The number of rotatable bonds is 6. The van der Waals surface area contributed by atoms with E-state index < -0.39 is 0 Å². The Bertz CT molecular complexity index is 448. The van der Waals surface area contributed by atoms with Crippen LogP contribution in [-0.2, 0) is 11.3 Å². The topological polar surface area (TPSA) is 58.4 Å². The van der Waals surface area contributed by atoms with Crippen LogP contribution in [0.5, 0.6) is 0 Å². The Balaban J connectivity index is 1.80. The minimum atomic E-state index is 0.0394. The number of hydrogen-bond acceptors (Lipinski definition) is 3. The van der Waals surface area contributed by atoms with Gasteiger partial charge in [-0.1, -0.05) is 25.0 Å². The summed E-state index contributed by atoms with van der Waals surface area (Å²) in [5.74, 6) is 0.0394.